The molecule has 0 aliphatic heterocycles. The van der Waals surface area contributed by atoms with Crippen LogP contribution in [-0.2, 0) is 19.0 Å². The van der Waals surface area contributed by atoms with Crippen LogP contribution in [0, 0.1) is 6.92 Å². The van der Waals surface area contributed by atoms with Crippen LogP contribution < -0.4 is 0 Å². The average molecular weight is 434 g/mol. The van der Waals surface area contributed by atoms with Crippen molar-refractivity contribution in [2.45, 2.75) is 38.8 Å². The maximum Gasteiger partial charge on any atom is 0.416 e. The number of hydrogen-bond acceptors (Lipinski definition) is 0. The molecule has 3 aromatic rings. The lowest BCUT2D eigenvalue weighted by Crippen LogP contribution is -2.09. The van der Waals surface area contributed by atoms with Gasteiger partial charge in [-0.05, 0) is 85.7 Å². The summed E-state index contributed by atoms with van der Waals surface area (Å²) in [5.74, 6) is 0. The van der Waals surface area contributed by atoms with E-state index < -0.39 is 11.7 Å². The van der Waals surface area contributed by atoms with E-state index in [1.54, 1.807) is 12.1 Å². The fraction of sp³-hybridized carbons (Fsp3) is 0.273. The number of nitrogens with zero attached hydrogens (tertiary/aromatic N) is 1. The molecule has 5 heteroatoms. The zero-order chi connectivity index (χ0) is 19.2. The minimum atomic E-state index is -4.32. The second-order valence-corrected chi connectivity index (χ2v) is 7.91. The van der Waals surface area contributed by atoms with E-state index in [2.05, 4.69) is 39.6 Å². The van der Waals surface area contributed by atoms with Crippen LogP contribution in [0.15, 0.2) is 53.0 Å². The Labute approximate surface area is 165 Å². The third-order valence-corrected chi connectivity index (χ3v) is 5.84. The summed E-state index contributed by atoms with van der Waals surface area (Å²) < 4.78 is 42.1. The Morgan fingerprint density at radius 3 is 2.15 bits per heavy atom. The molecule has 1 heterocycles. The van der Waals surface area contributed by atoms with E-state index >= 15 is 0 Å². The molecule has 27 heavy (non-hydrogen) atoms. The highest BCUT2D eigenvalue weighted by atomic mass is 79.9. The Bertz CT molecular complexity index is 967. The molecule has 0 spiro atoms. The van der Waals surface area contributed by atoms with Crippen LogP contribution in [0.1, 0.15) is 35.2 Å². The monoisotopic (exact) mass is 433 g/mol. The summed E-state index contributed by atoms with van der Waals surface area (Å²) in [6.45, 7) is 2.13. The number of benzene rings is 2. The molecule has 0 fully saturated rings. The average Bonchev–Trinajstić information content (AvgIpc) is 2.95. The highest BCUT2D eigenvalue weighted by Gasteiger charge is 2.30. The van der Waals surface area contributed by atoms with Gasteiger partial charge in [-0.25, -0.2) is 0 Å². The minimum absolute atomic E-state index is 0.616. The van der Waals surface area contributed by atoms with Crippen LogP contribution in [0.3, 0.4) is 0 Å². The topological polar surface area (TPSA) is 4.93 Å². The van der Waals surface area contributed by atoms with Crippen molar-refractivity contribution in [2.24, 2.45) is 0 Å². The van der Waals surface area contributed by atoms with E-state index in [1.165, 1.54) is 29.0 Å². The van der Waals surface area contributed by atoms with Gasteiger partial charge in [0.25, 0.3) is 0 Å². The number of fused-ring (bicyclic) bond motifs is 1. The zero-order valence-electron chi connectivity index (χ0n) is 14.9. The molecule has 2 aromatic carbocycles. The quantitative estimate of drug-likeness (QED) is 0.405. The molecule has 1 nitrogen and oxygen atoms in total. The first kappa shape index (κ1) is 18.4. The van der Waals surface area contributed by atoms with Crippen LogP contribution in [0.4, 0.5) is 13.2 Å². The van der Waals surface area contributed by atoms with E-state index in [9.17, 15) is 13.2 Å². The zero-order valence-corrected chi connectivity index (χ0v) is 16.5. The molecular formula is C22H19BrF3N. The van der Waals surface area contributed by atoms with Crippen molar-refractivity contribution in [2.75, 3.05) is 0 Å². The van der Waals surface area contributed by atoms with Crippen molar-refractivity contribution >= 4 is 15.9 Å². The molecule has 0 N–H and O–H groups in total. The highest BCUT2D eigenvalue weighted by Crippen LogP contribution is 2.39. The van der Waals surface area contributed by atoms with Crippen molar-refractivity contribution in [3.8, 4) is 16.9 Å². The number of aromatic nitrogens is 1. The van der Waals surface area contributed by atoms with Crippen molar-refractivity contribution in [1.29, 1.82) is 0 Å². The van der Waals surface area contributed by atoms with Gasteiger partial charge in [-0.15, -0.1) is 0 Å². The van der Waals surface area contributed by atoms with Gasteiger partial charge in [0, 0.05) is 15.9 Å². The smallest absolute Gasteiger partial charge is 0.313 e. The summed E-state index contributed by atoms with van der Waals surface area (Å²) in [5.41, 5.74) is 6.13. The largest absolute Gasteiger partial charge is 0.416 e. The summed E-state index contributed by atoms with van der Waals surface area (Å²) in [6.07, 6.45) is -0.0767. The summed E-state index contributed by atoms with van der Waals surface area (Å²) in [4.78, 5) is 0. The van der Waals surface area contributed by atoms with Crippen LogP contribution in [0.5, 0.6) is 0 Å². The van der Waals surface area contributed by atoms with Crippen LogP contribution in [0.2, 0.25) is 0 Å². The molecule has 0 saturated heterocycles. The highest BCUT2D eigenvalue weighted by molar-refractivity contribution is 9.10. The maximum atomic E-state index is 13.0. The second kappa shape index (κ2) is 6.86. The van der Waals surface area contributed by atoms with Gasteiger partial charge in [-0.2, -0.15) is 13.2 Å². The van der Waals surface area contributed by atoms with Crippen LogP contribution >= 0.6 is 15.9 Å². The third-order valence-electron chi connectivity index (χ3n) is 5.31. The molecule has 1 aliphatic carbocycles. The minimum Gasteiger partial charge on any atom is -0.313 e. The molecule has 0 saturated carbocycles. The standard InChI is InChI=1S/C22H19BrF3N/c1-14-19-4-2-3-5-20(19)27(21(14)15-6-10-17(23)11-7-15)18-12-8-16(9-13-18)22(24,25)26/h6-13H,2-5H2,1H3. The molecule has 0 atom stereocenters. The molecule has 4 rings (SSSR count). The van der Waals surface area contributed by atoms with Gasteiger partial charge in [0.05, 0.1) is 11.3 Å². The molecule has 0 amide bonds. The third kappa shape index (κ3) is 3.33. The van der Waals surface area contributed by atoms with Gasteiger partial charge in [-0.1, -0.05) is 28.1 Å². The second-order valence-electron chi connectivity index (χ2n) is 6.99. The normalized spacial score (nSPS) is 14.3. The van der Waals surface area contributed by atoms with Gasteiger partial charge in [0.1, 0.15) is 0 Å². The molecule has 140 valence electrons. The Morgan fingerprint density at radius 2 is 1.52 bits per heavy atom. The van der Waals surface area contributed by atoms with E-state index in [1.807, 2.05) is 12.1 Å². The summed E-state index contributed by atoms with van der Waals surface area (Å²) in [6, 6.07) is 13.6. The number of alkyl halides is 3. The Balaban J connectivity index is 1.92. The van der Waals surface area contributed by atoms with Gasteiger partial charge < -0.3 is 4.57 Å². The molecular weight excluding hydrogens is 415 g/mol. The summed E-state index contributed by atoms with van der Waals surface area (Å²) >= 11 is 3.47. The van der Waals surface area contributed by atoms with E-state index in [-0.39, 0.29) is 0 Å². The first-order valence-electron chi connectivity index (χ1n) is 9.03. The number of rotatable bonds is 2. The Morgan fingerprint density at radius 1 is 0.889 bits per heavy atom. The van der Waals surface area contributed by atoms with Crippen LogP contribution in [0.25, 0.3) is 16.9 Å². The first-order chi connectivity index (χ1) is 12.9. The summed E-state index contributed by atoms with van der Waals surface area (Å²) in [5, 5.41) is 0. The predicted molar refractivity (Wildman–Crippen MR) is 105 cm³/mol. The fourth-order valence-electron chi connectivity index (χ4n) is 4.02. The van der Waals surface area contributed by atoms with Gasteiger partial charge in [0.15, 0.2) is 0 Å². The van der Waals surface area contributed by atoms with E-state index in [4.69, 9.17) is 0 Å². The first-order valence-corrected chi connectivity index (χ1v) is 9.82. The van der Waals surface area contributed by atoms with E-state index in [0.717, 1.165) is 47.1 Å². The van der Waals surface area contributed by atoms with Crippen molar-refractivity contribution in [1.82, 2.24) is 4.57 Å². The van der Waals surface area contributed by atoms with Gasteiger partial charge in [-0.3, -0.25) is 0 Å². The summed E-state index contributed by atoms with van der Waals surface area (Å²) in [7, 11) is 0. The number of hydrogen-bond donors (Lipinski definition) is 0. The van der Waals surface area contributed by atoms with Crippen molar-refractivity contribution in [3.63, 3.8) is 0 Å². The lowest BCUT2D eigenvalue weighted by molar-refractivity contribution is -0.137. The SMILES string of the molecule is Cc1c2c(n(-c3ccc(C(F)(F)F)cc3)c1-c1ccc(Br)cc1)CCCC2. The Kier molecular flexibility index (Phi) is 4.66. The molecule has 1 aliphatic rings. The number of halogens is 4. The van der Waals surface area contributed by atoms with Crippen molar-refractivity contribution in [3.05, 3.63) is 75.4 Å². The molecule has 1 aromatic heterocycles. The predicted octanol–water partition coefficient (Wildman–Crippen LogP) is 7.11. The molecule has 0 unspecified atom stereocenters. The fourth-order valence-corrected chi connectivity index (χ4v) is 4.29. The van der Waals surface area contributed by atoms with Crippen LogP contribution in [-0.4, -0.2) is 4.57 Å². The Hall–Kier alpha value is -2.01. The lowest BCUT2D eigenvalue weighted by Gasteiger charge is -2.18. The lowest BCUT2D eigenvalue weighted by atomic mass is 9.94. The van der Waals surface area contributed by atoms with Crippen molar-refractivity contribution < 1.29 is 13.2 Å². The van der Waals surface area contributed by atoms with E-state index in [0.29, 0.717) is 0 Å². The molecule has 0 bridgehead atoms. The maximum absolute atomic E-state index is 13.0. The molecule has 0 radical (unpaired) electrons. The van der Waals surface area contributed by atoms with Gasteiger partial charge >= 0.3 is 6.18 Å². The van der Waals surface area contributed by atoms with Gasteiger partial charge in [0.2, 0.25) is 0 Å².